The van der Waals surface area contributed by atoms with Gasteiger partial charge in [0.15, 0.2) is 0 Å². The van der Waals surface area contributed by atoms with Gasteiger partial charge in [-0.1, -0.05) is 6.92 Å². The summed E-state index contributed by atoms with van der Waals surface area (Å²) in [6.07, 6.45) is 0.285. The van der Waals surface area contributed by atoms with E-state index in [9.17, 15) is 52.7 Å². The highest BCUT2D eigenvalue weighted by molar-refractivity contribution is 5.93. The molecule has 0 aliphatic rings. The fourth-order valence-electron chi connectivity index (χ4n) is 5.84. The van der Waals surface area contributed by atoms with Gasteiger partial charge in [-0.2, -0.15) is 0 Å². The summed E-state index contributed by atoms with van der Waals surface area (Å²) >= 11 is 0. The molecule has 0 spiro atoms. The van der Waals surface area contributed by atoms with Crippen LogP contribution in [-0.2, 0) is 62.2 Å². The molecule has 0 fully saturated rings. The zero-order chi connectivity index (χ0) is 53.8. The van der Waals surface area contributed by atoms with Gasteiger partial charge in [0.1, 0.15) is 0 Å². The second kappa shape index (κ2) is 33.6. The van der Waals surface area contributed by atoms with E-state index in [-0.39, 0.29) is 58.4 Å². The first-order valence-electron chi connectivity index (χ1n) is 23.2. The molecule has 0 saturated heterocycles. The molecule has 25 heteroatoms. The van der Waals surface area contributed by atoms with Crippen LogP contribution in [0.4, 0.5) is 0 Å². The zero-order valence-electron chi connectivity index (χ0n) is 44.2. The summed E-state index contributed by atoms with van der Waals surface area (Å²) in [5.41, 5.74) is 0. The van der Waals surface area contributed by atoms with Gasteiger partial charge in [-0.3, -0.25) is 52.7 Å². The van der Waals surface area contributed by atoms with E-state index in [0.717, 1.165) is 45.7 Å². The van der Waals surface area contributed by atoms with Crippen molar-refractivity contribution >= 4 is 65.0 Å². The number of carbonyl (C=O) groups is 11. The van der Waals surface area contributed by atoms with E-state index in [4.69, 9.17) is 9.47 Å². The minimum absolute atomic E-state index is 0. The lowest BCUT2D eigenvalue weighted by Gasteiger charge is -2.27. The van der Waals surface area contributed by atoms with E-state index < -0.39 is 92.4 Å². The molecule has 0 aliphatic heterocycles. The number of rotatable bonds is 33. The van der Waals surface area contributed by atoms with Crippen LogP contribution in [0.25, 0.3) is 0 Å². The van der Waals surface area contributed by atoms with Gasteiger partial charge < -0.3 is 68.7 Å². The highest BCUT2D eigenvalue weighted by Crippen LogP contribution is 2.02. The van der Waals surface area contributed by atoms with Gasteiger partial charge >= 0.3 is 0 Å². The van der Waals surface area contributed by atoms with Crippen molar-refractivity contribution in [2.45, 2.75) is 46.6 Å². The largest absolute Gasteiger partial charge is 0.380 e. The number of carbonyl (C=O) groups excluding carboxylic acids is 11. The fraction of sp³-hybridized carbons (Fsp3) is 0.756. The van der Waals surface area contributed by atoms with Crippen LogP contribution in [0.2, 0.25) is 0 Å². The average Bonchev–Trinajstić information content (AvgIpc) is 3.29. The highest BCUT2D eigenvalue weighted by atomic mass is 16.5. The van der Waals surface area contributed by atoms with Gasteiger partial charge in [0.2, 0.25) is 65.0 Å². The number of ether oxygens (including phenoxy) is 2. The molecule has 0 saturated carbocycles. The molecule has 0 atom stereocenters. The van der Waals surface area contributed by atoms with Crippen molar-refractivity contribution in [1.82, 2.24) is 59.2 Å². The third-order valence-corrected chi connectivity index (χ3v) is 11.0. The molecule has 0 heterocycles. The Morgan fingerprint density at radius 2 is 0.729 bits per heavy atom. The quantitative estimate of drug-likeness (QED) is 0.0627. The maximum Gasteiger partial charge on any atom is 0.242 e. The number of hydrogen-bond donors (Lipinski definition) is 1. The van der Waals surface area contributed by atoms with Crippen molar-refractivity contribution in [3.63, 3.8) is 0 Å². The molecule has 0 aromatic rings. The summed E-state index contributed by atoms with van der Waals surface area (Å²) in [5.74, 6) is -5.50. The molecule has 0 unspecified atom stereocenters. The maximum absolute atomic E-state index is 13.0. The Morgan fingerprint density at radius 3 is 1.04 bits per heavy atom. The molecule has 70 heavy (non-hydrogen) atoms. The Labute approximate surface area is 415 Å². The summed E-state index contributed by atoms with van der Waals surface area (Å²) in [6, 6.07) is 0. The van der Waals surface area contributed by atoms with Crippen molar-refractivity contribution in [2.75, 3.05) is 182 Å². The van der Waals surface area contributed by atoms with E-state index in [2.05, 4.69) is 5.32 Å². The first kappa shape index (κ1) is 64.0. The highest BCUT2D eigenvalue weighted by Gasteiger charge is 2.26. The fourth-order valence-corrected chi connectivity index (χ4v) is 5.84. The van der Waals surface area contributed by atoms with E-state index in [1.807, 2.05) is 39.6 Å². The predicted octanol–water partition coefficient (Wildman–Crippen LogP) is -3.50. The van der Waals surface area contributed by atoms with Gasteiger partial charge in [0, 0.05) is 110 Å². The lowest BCUT2D eigenvalue weighted by molar-refractivity contribution is -0.146. The topological polar surface area (TPSA) is 254 Å². The lowest BCUT2D eigenvalue weighted by Crippen LogP contribution is -2.49. The van der Waals surface area contributed by atoms with E-state index >= 15 is 0 Å². The summed E-state index contributed by atoms with van der Waals surface area (Å²) in [5, 5.41) is 2.63. The minimum Gasteiger partial charge on any atom is -0.380 e. The first-order chi connectivity index (χ1) is 32.6. The van der Waals surface area contributed by atoms with Gasteiger partial charge in [0.25, 0.3) is 0 Å². The van der Waals surface area contributed by atoms with Crippen LogP contribution in [0.15, 0.2) is 0 Å². The molecule has 0 aromatic carbocycles. The monoisotopic (exact) mass is 1000 g/mol. The third-order valence-electron chi connectivity index (χ3n) is 11.0. The van der Waals surface area contributed by atoms with Crippen molar-refractivity contribution in [2.24, 2.45) is 0 Å². The Balaban J connectivity index is 0. The van der Waals surface area contributed by atoms with Crippen molar-refractivity contribution in [3.05, 3.63) is 0 Å². The van der Waals surface area contributed by atoms with Crippen LogP contribution >= 0.6 is 0 Å². The van der Waals surface area contributed by atoms with Gasteiger partial charge in [0.05, 0.1) is 78.2 Å². The summed E-state index contributed by atoms with van der Waals surface area (Å²) in [6.45, 7) is 7.52. The molecule has 0 radical (unpaired) electrons. The number of likely N-dealkylation sites (N-methyl/N-ethyl adjacent to an activating group) is 9. The second-order valence-electron chi connectivity index (χ2n) is 17.5. The second-order valence-corrected chi connectivity index (χ2v) is 17.5. The SMILES string of the molecule is CCOCCN(CCOC(C)C)C(=O)CCNC(=O)CN(C)C(=O)CN(C)C(=O)CN(C)C(=O)CN(C)C(=O)CN(C)C(=O)CN(C)C(=O)CN(C)C(=O)CN(C)C(=O)CN(C)C(=O)CCN(C)CC.[HH]. The van der Waals surface area contributed by atoms with Gasteiger partial charge in [-0.25, -0.2) is 0 Å². The third kappa shape index (κ3) is 26.1. The van der Waals surface area contributed by atoms with E-state index in [0.29, 0.717) is 39.5 Å². The molecule has 0 aromatic heterocycles. The number of amides is 11. The Hall–Kier alpha value is -5.95. The van der Waals surface area contributed by atoms with E-state index in [1.165, 1.54) is 68.3 Å². The van der Waals surface area contributed by atoms with Gasteiger partial charge in [-0.15, -0.1) is 0 Å². The molecule has 0 rings (SSSR count). The molecular weight excluding hydrogens is 917 g/mol. The molecule has 25 nitrogen and oxygen atoms in total. The zero-order valence-corrected chi connectivity index (χ0v) is 44.2. The molecule has 0 aliphatic carbocycles. The molecule has 1 N–H and O–H groups in total. The lowest BCUT2D eigenvalue weighted by atomic mass is 10.3. The van der Waals surface area contributed by atoms with Crippen molar-refractivity contribution in [3.8, 4) is 0 Å². The Bertz CT molecular complexity index is 1780. The summed E-state index contributed by atoms with van der Waals surface area (Å²) in [7, 11) is 14.3. The number of nitrogens with zero attached hydrogens (tertiary/aromatic N) is 11. The van der Waals surface area contributed by atoms with Crippen molar-refractivity contribution in [1.29, 1.82) is 0 Å². The van der Waals surface area contributed by atoms with Crippen LogP contribution in [0.1, 0.15) is 42.0 Å². The van der Waals surface area contributed by atoms with Crippen molar-refractivity contribution < 1.29 is 63.6 Å². The van der Waals surface area contributed by atoms with E-state index in [1.54, 1.807) is 4.90 Å². The minimum atomic E-state index is -0.616. The Kier molecular flexibility index (Phi) is 30.7. The van der Waals surface area contributed by atoms with Crippen LogP contribution in [0.5, 0.6) is 0 Å². The molecular formula is C45H84N12O13. The number of nitrogens with one attached hydrogen (secondary N) is 1. The van der Waals surface area contributed by atoms with Crippen LogP contribution in [0.3, 0.4) is 0 Å². The first-order valence-corrected chi connectivity index (χ1v) is 23.2. The van der Waals surface area contributed by atoms with Gasteiger partial charge in [-0.05, 0) is 34.4 Å². The number of hydrogen-bond acceptors (Lipinski definition) is 14. The molecule has 402 valence electrons. The average molecular weight is 1000 g/mol. The van der Waals surface area contributed by atoms with Crippen LogP contribution < -0.4 is 5.32 Å². The standard InChI is InChI=1S/C45H82N12O13.H2/c1-15-47(5)20-18-36(59)49(7)26-39(62)51(9)28-41(64)53(11)30-43(66)55(13)32-45(68)56(14)33-44(67)54(12)31-42(65)52(10)29-40(63)50(8)27-38(61)48(6)25-35(58)46-19-17-37(60)57(21-23-69-16-2)22-24-70-34(3)4;/h34H,15-33H2,1-14H3,(H,46,58);1H. The maximum atomic E-state index is 13.0. The summed E-state index contributed by atoms with van der Waals surface area (Å²) in [4.78, 5) is 155. The predicted molar refractivity (Wildman–Crippen MR) is 260 cm³/mol. The molecule has 11 amide bonds. The summed E-state index contributed by atoms with van der Waals surface area (Å²) < 4.78 is 10.9. The van der Waals surface area contributed by atoms with Crippen LogP contribution in [-0.4, -0.2) is 307 Å². The molecule has 0 bridgehead atoms. The van der Waals surface area contributed by atoms with Crippen LogP contribution in [0, 0.1) is 0 Å². The normalized spacial score (nSPS) is 10.8. The smallest absolute Gasteiger partial charge is 0.242 e. The Morgan fingerprint density at radius 1 is 0.414 bits per heavy atom.